The van der Waals surface area contributed by atoms with Crippen LogP contribution < -0.4 is 10.6 Å². The van der Waals surface area contributed by atoms with E-state index in [9.17, 15) is 4.79 Å². The molecule has 2 N–H and O–H groups in total. The highest BCUT2D eigenvalue weighted by molar-refractivity contribution is 5.77. The molecule has 2 heterocycles. The lowest BCUT2D eigenvalue weighted by Gasteiger charge is -2.32. The fraction of sp³-hybridized carbons (Fsp3) is 0.938. The van der Waals surface area contributed by atoms with Crippen molar-refractivity contribution in [2.45, 2.75) is 69.1 Å². The number of rotatable bonds is 4. The van der Waals surface area contributed by atoms with Crippen LogP contribution in [-0.2, 0) is 14.3 Å². The van der Waals surface area contributed by atoms with Gasteiger partial charge in [-0.3, -0.25) is 4.79 Å². The van der Waals surface area contributed by atoms with E-state index >= 15 is 0 Å². The van der Waals surface area contributed by atoms with E-state index in [4.69, 9.17) is 9.47 Å². The zero-order chi connectivity index (χ0) is 14.5. The molecule has 1 atom stereocenters. The molecule has 1 amide bonds. The molecule has 2 saturated heterocycles. The number of ether oxygens (including phenoxy) is 2. The fourth-order valence-corrected chi connectivity index (χ4v) is 3.85. The third kappa shape index (κ3) is 4.18. The summed E-state index contributed by atoms with van der Waals surface area (Å²) in [6, 6.07) is 0.366. The zero-order valence-electron chi connectivity index (χ0n) is 12.9. The predicted molar refractivity (Wildman–Crippen MR) is 80.2 cm³/mol. The molecular weight excluding hydrogens is 268 g/mol. The van der Waals surface area contributed by atoms with Crippen molar-refractivity contribution in [3.05, 3.63) is 0 Å². The molecule has 0 aromatic rings. The summed E-state index contributed by atoms with van der Waals surface area (Å²) in [7, 11) is 0. The van der Waals surface area contributed by atoms with Gasteiger partial charge >= 0.3 is 0 Å². The third-order valence-corrected chi connectivity index (χ3v) is 5.11. The van der Waals surface area contributed by atoms with Crippen LogP contribution in [0, 0.1) is 0 Å². The van der Waals surface area contributed by atoms with Gasteiger partial charge in [-0.05, 0) is 38.8 Å². The number of amides is 1. The summed E-state index contributed by atoms with van der Waals surface area (Å²) >= 11 is 0. The van der Waals surface area contributed by atoms with Gasteiger partial charge in [-0.1, -0.05) is 19.3 Å². The molecule has 0 radical (unpaired) electrons. The van der Waals surface area contributed by atoms with E-state index in [2.05, 4.69) is 10.6 Å². The molecule has 3 aliphatic rings. The summed E-state index contributed by atoms with van der Waals surface area (Å²) < 4.78 is 11.8. The van der Waals surface area contributed by atoms with Crippen molar-refractivity contribution < 1.29 is 14.3 Å². The van der Waals surface area contributed by atoms with Crippen LogP contribution in [0.25, 0.3) is 0 Å². The molecule has 1 unspecified atom stereocenters. The van der Waals surface area contributed by atoms with Crippen LogP contribution >= 0.6 is 0 Å². The van der Waals surface area contributed by atoms with Crippen molar-refractivity contribution in [3.8, 4) is 0 Å². The molecule has 21 heavy (non-hydrogen) atoms. The standard InChI is InChI=1S/C16H28N2O3/c19-15(18-13-4-2-1-3-5-13)12-20-14-10-16(21-11-14)6-8-17-9-7-16/h13-14,17H,1-12H2,(H,18,19). The van der Waals surface area contributed by atoms with E-state index in [0.717, 1.165) is 45.2 Å². The van der Waals surface area contributed by atoms with Gasteiger partial charge in [0, 0.05) is 12.5 Å². The van der Waals surface area contributed by atoms with E-state index in [1.165, 1.54) is 19.3 Å². The molecule has 120 valence electrons. The first-order valence-electron chi connectivity index (χ1n) is 8.51. The molecule has 3 rings (SSSR count). The number of nitrogens with one attached hydrogen (secondary N) is 2. The van der Waals surface area contributed by atoms with Gasteiger partial charge in [0.15, 0.2) is 0 Å². The minimum atomic E-state index is 0.00969. The Morgan fingerprint density at radius 1 is 1.24 bits per heavy atom. The highest BCUT2D eigenvalue weighted by Gasteiger charge is 2.41. The van der Waals surface area contributed by atoms with Gasteiger partial charge in [0.25, 0.3) is 0 Å². The summed E-state index contributed by atoms with van der Waals surface area (Å²) in [5.41, 5.74) is 0.00969. The fourth-order valence-electron chi connectivity index (χ4n) is 3.85. The predicted octanol–water partition coefficient (Wildman–Crippen LogP) is 1.36. The normalized spacial score (nSPS) is 29.6. The summed E-state index contributed by atoms with van der Waals surface area (Å²) in [6.07, 6.45) is 9.15. The van der Waals surface area contributed by atoms with Crippen molar-refractivity contribution in [3.63, 3.8) is 0 Å². The smallest absolute Gasteiger partial charge is 0.246 e. The molecule has 0 aromatic carbocycles. The van der Waals surface area contributed by atoms with E-state index in [0.29, 0.717) is 12.6 Å². The van der Waals surface area contributed by atoms with Crippen LogP contribution in [0.1, 0.15) is 51.4 Å². The largest absolute Gasteiger partial charge is 0.372 e. The maximum Gasteiger partial charge on any atom is 0.246 e. The zero-order valence-corrected chi connectivity index (χ0v) is 12.9. The Bertz CT molecular complexity index is 349. The Labute approximate surface area is 127 Å². The molecule has 1 saturated carbocycles. The van der Waals surface area contributed by atoms with Crippen molar-refractivity contribution >= 4 is 5.91 Å². The van der Waals surface area contributed by atoms with Gasteiger partial charge < -0.3 is 20.1 Å². The van der Waals surface area contributed by atoms with E-state index in [-0.39, 0.29) is 24.2 Å². The SMILES string of the molecule is O=C(COC1COC2(CCNCC2)C1)NC1CCCCC1. The Balaban J connectivity index is 1.36. The van der Waals surface area contributed by atoms with E-state index in [1.54, 1.807) is 0 Å². The Morgan fingerprint density at radius 3 is 2.76 bits per heavy atom. The number of carbonyl (C=O) groups is 1. The molecular formula is C16H28N2O3. The molecule has 1 spiro atoms. The Morgan fingerprint density at radius 2 is 2.00 bits per heavy atom. The second kappa shape index (κ2) is 7.07. The topological polar surface area (TPSA) is 59.6 Å². The monoisotopic (exact) mass is 296 g/mol. The summed E-state index contributed by atoms with van der Waals surface area (Å²) in [4.78, 5) is 11.9. The van der Waals surface area contributed by atoms with Crippen LogP contribution in [0.2, 0.25) is 0 Å². The van der Waals surface area contributed by atoms with Gasteiger partial charge in [-0.15, -0.1) is 0 Å². The van der Waals surface area contributed by atoms with E-state index < -0.39 is 0 Å². The van der Waals surface area contributed by atoms with Gasteiger partial charge in [-0.2, -0.15) is 0 Å². The molecule has 5 heteroatoms. The minimum Gasteiger partial charge on any atom is -0.372 e. The molecule has 1 aliphatic carbocycles. The van der Waals surface area contributed by atoms with Crippen molar-refractivity contribution in [2.75, 3.05) is 26.3 Å². The Kier molecular flexibility index (Phi) is 5.14. The highest BCUT2D eigenvalue weighted by atomic mass is 16.6. The maximum absolute atomic E-state index is 11.9. The van der Waals surface area contributed by atoms with Gasteiger partial charge in [-0.25, -0.2) is 0 Å². The van der Waals surface area contributed by atoms with Gasteiger partial charge in [0.2, 0.25) is 5.91 Å². The first-order chi connectivity index (χ1) is 10.3. The van der Waals surface area contributed by atoms with Gasteiger partial charge in [0.05, 0.1) is 18.3 Å². The minimum absolute atomic E-state index is 0.00969. The highest BCUT2D eigenvalue weighted by Crippen LogP contribution is 2.35. The molecule has 2 aliphatic heterocycles. The first kappa shape index (κ1) is 15.3. The number of hydrogen-bond donors (Lipinski definition) is 2. The van der Waals surface area contributed by atoms with Crippen LogP contribution in [-0.4, -0.2) is 50.0 Å². The number of piperidine rings is 1. The van der Waals surface area contributed by atoms with Crippen LogP contribution in [0.4, 0.5) is 0 Å². The van der Waals surface area contributed by atoms with Crippen molar-refractivity contribution in [1.82, 2.24) is 10.6 Å². The van der Waals surface area contributed by atoms with Crippen LogP contribution in [0.15, 0.2) is 0 Å². The summed E-state index contributed by atoms with van der Waals surface area (Å²) in [5.74, 6) is 0.0353. The average Bonchev–Trinajstić information content (AvgIpc) is 2.90. The Hall–Kier alpha value is -0.650. The lowest BCUT2D eigenvalue weighted by Crippen LogP contribution is -2.42. The summed E-state index contributed by atoms with van der Waals surface area (Å²) in [5, 5.41) is 6.46. The molecule has 0 bridgehead atoms. The lowest BCUT2D eigenvalue weighted by molar-refractivity contribution is -0.128. The molecule has 0 aromatic heterocycles. The van der Waals surface area contributed by atoms with Crippen LogP contribution in [0.5, 0.6) is 0 Å². The summed E-state index contributed by atoms with van der Waals surface area (Å²) in [6.45, 7) is 2.86. The number of hydrogen-bond acceptors (Lipinski definition) is 4. The van der Waals surface area contributed by atoms with E-state index in [1.807, 2.05) is 0 Å². The molecule has 3 fully saturated rings. The van der Waals surface area contributed by atoms with Gasteiger partial charge in [0.1, 0.15) is 6.61 Å². The average molecular weight is 296 g/mol. The van der Waals surface area contributed by atoms with Crippen molar-refractivity contribution in [1.29, 1.82) is 0 Å². The quantitative estimate of drug-likeness (QED) is 0.822. The van der Waals surface area contributed by atoms with Crippen molar-refractivity contribution in [2.24, 2.45) is 0 Å². The second-order valence-corrected chi connectivity index (χ2v) is 6.78. The second-order valence-electron chi connectivity index (χ2n) is 6.78. The number of carbonyl (C=O) groups excluding carboxylic acids is 1. The third-order valence-electron chi connectivity index (χ3n) is 5.11. The molecule has 5 nitrogen and oxygen atoms in total. The van der Waals surface area contributed by atoms with Crippen LogP contribution in [0.3, 0.4) is 0 Å². The maximum atomic E-state index is 11.9. The first-order valence-corrected chi connectivity index (χ1v) is 8.51. The lowest BCUT2D eigenvalue weighted by atomic mass is 9.89.